The van der Waals surface area contributed by atoms with Crippen LogP contribution in [0.3, 0.4) is 0 Å². The minimum absolute atomic E-state index is 0.0373. The van der Waals surface area contributed by atoms with E-state index in [2.05, 4.69) is 9.88 Å². The Morgan fingerprint density at radius 3 is 2.45 bits per heavy atom. The smallest absolute Gasteiger partial charge is 0.354 e. The lowest BCUT2D eigenvalue weighted by Crippen LogP contribution is -2.48. The van der Waals surface area contributed by atoms with Gasteiger partial charge in [0.1, 0.15) is 5.69 Å². The van der Waals surface area contributed by atoms with Crippen molar-refractivity contribution in [3.05, 3.63) is 46.4 Å². The second-order valence-electron chi connectivity index (χ2n) is 4.96. The van der Waals surface area contributed by atoms with Gasteiger partial charge >= 0.3 is 5.97 Å². The van der Waals surface area contributed by atoms with Crippen molar-refractivity contribution >= 4 is 28.9 Å². The Kier molecular flexibility index (Phi) is 4.06. The van der Waals surface area contributed by atoms with Gasteiger partial charge in [-0.25, -0.2) is 9.78 Å². The molecule has 1 amide bonds. The highest BCUT2D eigenvalue weighted by molar-refractivity contribution is 7.12. The molecule has 114 valence electrons. The van der Waals surface area contributed by atoms with Crippen LogP contribution in [0.25, 0.3) is 0 Å². The molecule has 0 aliphatic carbocycles. The normalized spacial score (nSPS) is 14.9. The Morgan fingerprint density at radius 2 is 1.91 bits per heavy atom. The molecule has 1 saturated heterocycles. The van der Waals surface area contributed by atoms with Crippen LogP contribution in [0.2, 0.25) is 0 Å². The molecule has 0 radical (unpaired) electrons. The van der Waals surface area contributed by atoms with Crippen LogP contribution in [-0.4, -0.2) is 53.0 Å². The fourth-order valence-electron chi connectivity index (χ4n) is 2.42. The lowest BCUT2D eigenvalue weighted by atomic mass is 10.2. The van der Waals surface area contributed by atoms with E-state index in [1.54, 1.807) is 12.3 Å². The van der Waals surface area contributed by atoms with Crippen molar-refractivity contribution in [2.75, 3.05) is 31.1 Å². The van der Waals surface area contributed by atoms with Crippen molar-refractivity contribution in [1.29, 1.82) is 0 Å². The lowest BCUT2D eigenvalue weighted by Gasteiger charge is -2.35. The minimum Gasteiger partial charge on any atom is -0.477 e. The summed E-state index contributed by atoms with van der Waals surface area (Å²) in [5.41, 5.74) is 0.920. The molecule has 1 N–H and O–H groups in total. The number of amides is 1. The Bertz CT molecular complexity index is 662. The third-order valence-electron chi connectivity index (χ3n) is 3.63. The molecule has 1 aliphatic rings. The number of thiophene rings is 1. The average Bonchev–Trinajstić information content (AvgIpc) is 3.09. The zero-order valence-electron chi connectivity index (χ0n) is 11.8. The van der Waals surface area contributed by atoms with Gasteiger partial charge in [-0.1, -0.05) is 6.07 Å². The molecule has 2 aromatic rings. The molecule has 1 aliphatic heterocycles. The number of carbonyl (C=O) groups is 2. The van der Waals surface area contributed by atoms with E-state index in [1.165, 1.54) is 17.4 Å². The van der Waals surface area contributed by atoms with E-state index in [-0.39, 0.29) is 11.6 Å². The Hall–Kier alpha value is -2.41. The molecular weight excluding hydrogens is 302 g/mol. The summed E-state index contributed by atoms with van der Waals surface area (Å²) < 4.78 is 0. The van der Waals surface area contributed by atoms with Gasteiger partial charge in [-0.15, -0.1) is 11.3 Å². The maximum absolute atomic E-state index is 12.3. The van der Waals surface area contributed by atoms with Gasteiger partial charge in [0.15, 0.2) is 0 Å². The number of aromatic carboxylic acids is 1. The topological polar surface area (TPSA) is 73.7 Å². The molecule has 7 heteroatoms. The molecule has 0 unspecified atom stereocenters. The molecule has 1 fully saturated rings. The molecule has 0 saturated carbocycles. The van der Waals surface area contributed by atoms with E-state index < -0.39 is 5.97 Å². The predicted octanol–water partition coefficient (Wildman–Crippen LogP) is 1.80. The molecule has 0 atom stereocenters. The molecule has 0 spiro atoms. The predicted molar refractivity (Wildman–Crippen MR) is 83.6 cm³/mol. The molecule has 3 rings (SSSR count). The maximum atomic E-state index is 12.3. The largest absolute Gasteiger partial charge is 0.477 e. The maximum Gasteiger partial charge on any atom is 0.354 e. The quantitative estimate of drug-likeness (QED) is 0.934. The van der Waals surface area contributed by atoms with Gasteiger partial charge in [0.05, 0.1) is 16.8 Å². The van der Waals surface area contributed by atoms with E-state index in [4.69, 9.17) is 5.11 Å². The molecule has 3 heterocycles. The molecule has 22 heavy (non-hydrogen) atoms. The summed E-state index contributed by atoms with van der Waals surface area (Å²) in [5, 5.41) is 10.8. The molecule has 2 aromatic heterocycles. The summed E-state index contributed by atoms with van der Waals surface area (Å²) in [6, 6.07) is 6.98. The Morgan fingerprint density at radius 1 is 1.14 bits per heavy atom. The number of anilines is 1. The zero-order valence-corrected chi connectivity index (χ0v) is 12.6. The number of piperazine rings is 1. The summed E-state index contributed by atoms with van der Waals surface area (Å²) in [6.07, 6.45) is 1.57. The van der Waals surface area contributed by atoms with Gasteiger partial charge in [-0.3, -0.25) is 4.79 Å². The van der Waals surface area contributed by atoms with Crippen LogP contribution in [0.15, 0.2) is 35.8 Å². The fraction of sp³-hybridized carbons (Fsp3) is 0.267. The van der Waals surface area contributed by atoms with Crippen molar-refractivity contribution < 1.29 is 14.7 Å². The van der Waals surface area contributed by atoms with Gasteiger partial charge in [0.2, 0.25) is 0 Å². The first kappa shape index (κ1) is 14.5. The Labute approximate surface area is 131 Å². The molecule has 6 nitrogen and oxygen atoms in total. The van der Waals surface area contributed by atoms with E-state index in [0.717, 1.165) is 10.6 Å². The Balaban J connectivity index is 1.62. The van der Waals surface area contributed by atoms with Crippen LogP contribution in [0.1, 0.15) is 20.2 Å². The highest BCUT2D eigenvalue weighted by Gasteiger charge is 2.23. The summed E-state index contributed by atoms with van der Waals surface area (Å²) in [4.78, 5) is 31.7. The van der Waals surface area contributed by atoms with Crippen molar-refractivity contribution in [3.8, 4) is 0 Å². The van der Waals surface area contributed by atoms with Crippen molar-refractivity contribution in [3.63, 3.8) is 0 Å². The first-order valence-corrected chi connectivity index (χ1v) is 7.80. The number of pyridine rings is 1. The van der Waals surface area contributed by atoms with Crippen molar-refractivity contribution in [2.45, 2.75) is 0 Å². The first-order chi connectivity index (χ1) is 10.6. The van der Waals surface area contributed by atoms with E-state index in [0.29, 0.717) is 26.2 Å². The molecule has 0 bridgehead atoms. The number of aromatic nitrogens is 1. The highest BCUT2D eigenvalue weighted by atomic mass is 32.1. The minimum atomic E-state index is -1.03. The summed E-state index contributed by atoms with van der Waals surface area (Å²) in [5.74, 6) is -0.952. The average molecular weight is 317 g/mol. The van der Waals surface area contributed by atoms with Gasteiger partial charge in [-0.05, 0) is 23.6 Å². The first-order valence-electron chi connectivity index (χ1n) is 6.92. The number of carboxylic acids is 1. The lowest BCUT2D eigenvalue weighted by molar-refractivity contribution is 0.0689. The standard InChI is InChI=1S/C15H15N3O3S/c19-14(13-2-1-9-22-13)18-7-5-17(6-8-18)11-3-4-12(15(20)21)16-10-11/h1-4,9-10H,5-8H2,(H,20,21). The van der Waals surface area contributed by atoms with E-state index in [1.807, 2.05) is 22.4 Å². The van der Waals surface area contributed by atoms with Crippen LogP contribution < -0.4 is 4.90 Å². The SMILES string of the molecule is O=C(O)c1ccc(N2CCN(C(=O)c3cccs3)CC2)cn1. The van der Waals surface area contributed by atoms with Crippen LogP contribution in [0.4, 0.5) is 5.69 Å². The van der Waals surface area contributed by atoms with Gasteiger partial charge in [0.25, 0.3) is 5.91 Å². The van der Waals surface area contributed by atoms with E-state index in [9.17, 15) is 9.59 Å². The number of carbonyl (C=O) groups excluding carboxylic acids is 1. The van der Waals surface area contributed by atoms with Crippen molar-refractivity contribution in [1.82, 2.24) is 9.88 Å². The monoisotopic (exact) mass is 317 g/mol. The van der Waals surface area contributed by atoms with Crippen LogP contribution in [-0.2, 0) is 0 Å². The van der Waals surface area contributed by atoms with Crippen LogP contribution in [0, 0.1) is 0 Å². The molecule has 0 aromatic carbocycles. The number of hydrogen-bond acceptors (Lipinski definition) is 5. The number of nitrogens with zero attached hydrogens (tertiary/aromatic N) is 3. The summed E-state index contributed by atoms with van der Waals surface area (Å²) in [7, 11) is 0. The van der Waals surface area contributed by atoms with Gasteiger partial charge < -0.3 is 14.9 Å². The molecular formula is C15H15N3O3S. The number of carboxylic acid groups (broad SMARTS) is 1. The third kappa shape index (κ3) is 2.94. The van der Waals surface area contributed by atoms with Gasteiger partial charge in [-0.2, -0.15) is 0 Å². The number of rotatable bonds is 3. The van der Waals surface area contributed by atoms with E-state index >= 15 is 0 Å². The fourth-order valence-corrected chi connectivity index (χ4v) is 3.11. The van der Waals surface area contributed by atoms with Crippen LogP contribution in [0.5, 0.6) is 0 Å². The summed E-state index contributed by atoms with van der Waals surface area (Å²) >= 11 is 1.46. The second-order valence-corrected chi connectivity index (χ2v) is 5.91. The highest BCUT2D eigenvalue weighted by Crippen LogP contribution is 2.18. The van der Waals surface area contributed by atoms with Gasteiger partial charge in [0, 0.05) is 26.2 Å². The summed E-state index contributed by atoms with van der Waals surface area (Å²) in [6.45, 7) is 2.73. The second kappa shape index (κ2) is 6.15. The third-order valence-corrected chi connectivity index (χ3v) is 4.49. The van der Waals surface area contributed by atoms with Crippen molar-refractivity contribution in [2.24, 2.45) is 0 Å². The number of hydrogen-bond donors (Lipinski definition) is 1. The van der Waals surface area contributed by atoms with Crippen LogP contribution >= 0.6 is 11.3 Å². The zero-order chi connectivity index (χ0) is 15.5.